The highest BCUT2D eigenvalue weighted by molar-refractivity contribution is 5.77. The first-order chi connectivity index (χ1) is 16.0. The van der Waals surface area contributed by atoms with E-state index in [0.29, 0.717) is 6.04 Å². The van der Waals surface area contributed by atoms with Crippen molar-refractivity contribution < 1.29 is 9.53 Å². The van der Waals surface area contributed by atoms with Crippen LogP contribution in [0.25, 0.3) is 0 Å². The minimum atomic E-state index is 0.104. The fourth-order valence-corrected chi connectivity index (χ4v) is 4.74. The molecular weight excluding hydrogens is 412 g/mol. The van der Waals surface area contributed by atoms with Gasteiger partial charge in [0.15, 0.2) is 0 Å². The number of hydrogen-bond donors (Lipinski definition) is 1. The maximum atomic E-state index is 12.7. The third-order valence-electron chi connectivity index (χ3n) is 6.87. The van der Waals surface area contributed by atoms with E-state index in [4.69, 9.17) is 10.00 Å². The first-order valence-electron chi connectivity index (χ1n) is 12.0. The number of benzene rings is 2. The molecular formula is C27H34N4O2. The third-order valence-corrected chi connectivity index (χ3v) is 6.87. The lowest BCUT2D eigenvalue weighted by atomic mass is 9.92. The molecule has 1 amide bonds. The summed E-state index contributed by atoms with van der Waals surface area (Å²) in [5, 5.41) is 12.7. The Bertz CT molecular complexity index is 982. The van der Waals surface area contributed by atoms with Crippen molar-refractivity contribution in [3.8, 4) is 6.07 Å². The molecule has 0 atom stereocenters. The number of hydrogen-bond acceptors (Lipinski definition) is 5. The molecule has 2 fully saturated rings. The summed E-state index contributed by atoms with van der Waals surface area (Å²) in [6, 6.07) is 17.1. The Morgan fingerprint density at radius 2 is 1.73 bits per heavy atom. The average Bonchev–Trinajstić information content (AvgIpc) is 2.84. The van der Waals surface area contributed by atoms with Gasteiger partial charge in [-0.25, -0.2) is 0 Å². The van der Waals surface area contributed by atoms with Crippen molar-refractivity contribution in [1.29, 1.82) is 5.26 Å². The van der Waals surface area contributed by atoms with E-state index < -0.39 is 0 Å². The van der Waals surface area contributed by atoms with Crippen LogP contribution in [0.4, 0.5) is 11.4 Å². The molecule has 4 rings (SSSR count). The molecule has 1 aliphatic carbocycles. The van der Waals surface area contributed by atoms with Crippen LogP contribution in [0.1, 0.15) is 42.4 Å². The Morgan fingerprint density at radius 1 is 1.03 bits per heavy atom. The molecule has 6 heteroatoms. The van der Waals surface area contributed by atoms with E-state index in [1.165, 1.54) is 11.3 Å². The zero-order chi connectivity index (χ0) is 23.2. The summed E-state index contributed by atoms with van der Waals surface area (Å²) in [6.45, 7) is 7.46. The number of carbonyl (C=O) groups is 1. The van der Waals surface area contributed by atoms with E-state index in [1.807, 2.05) is 30.0 Å². The van der Waals surface area contributed by atoms with Gasteiger partial charge in [-0.2, -0.15) is 5.26 Å². The largest absolute Gasteiger partial charge is 0.382 e. The molecule has 0 aromatic heterocycles. The number of rotatable bonds is 6. The van der Waals surface area contributed by atoms with E-state index in [0.717, 1.165) is 68.7 Å². The van der Waals surface area contributed by atoms with Crippen molar-refractivity contribution in [2.45, 2.75) is 51.7 Å². The summed E-state index contributed by atoms with van der Waals surface area (Å²) >= 11 is 0. The fourth-order valence-electron chi connectivity index (χ4n) is 4.74. The second kappa shape index (κ2) is 10.7. The summed E-state index contributed by atoms with van der Waals surface area (Å²) in [5.74, 6) is 0.104. The lowest BCUT2D eigenvalue weighted by molar-refractivity contribution is -0.139. The molecule has 1 saturated carbocycles. The van der Waals surface area contributed by atoms with E-state index in [2.05, 4.69) is 47.5 Å². The second-order valence-corrected chi connectivity index (χ2v) is 9.27. The molecule has 6 nitrogen and oxygen atoms in total. The van der Waals surface area contributed by atoms with Crippen LogP contribution in [0.5, 0.6) is 0 Å². The Hall–Kier alpha value is -3.04. The van der Waals surface area contributed by atoms with Crippen molar-refractivity contribution in [2.75, 3.05) is 43.0 Å². The van der Waals surface area contributed by atoms with Crippen molar-refractivity contribution in [2.24, 2.45) is 0 Å². The maximum Gasteiger partial charge on any atom is 0.248 e. The van der Waals surface area contributed by atoms with Gasteiger partial charge in [-0.05, 0) is 75.4 Å². The highest BCUT2D eigenvalue weighted by atomic mass is 16.5. The van der Waals surface area contributed by atoms with Gasteiger partial charge in [-0.15, -0.1) is 0 Å². The number of nitrogens with one attached hydrogen (secondary N) is 1. The lowest BCUT2D eigenvalue weighted by Gasteiger charge is -2.36. The topological polar surface area (TPSA) is 68.6 Å². The number of amides is 1. The van der Waals surface area contributed by atoms with Crippen molar-refractivity contribution in [3.63, 3.8) is 0 Å². The van der Waals surface area contributed by atoms with Crippen molar-refractivity contribution in [1.82, 2.24) is 4.90 Å². The summed E-state index contributed by atoms with van der Waals surface area (Å²) in [6.07, 6.45) is 4.12. The first kappa shape index (κ1) is 23.1. The number of piperazine rings is 1. The molecule has 2 aliphatic rings. The third kappa shape index (κ3) is 6.06. The number of nitrogens with zero attached hydrogens (tertiary/aromatic N) is 3. The van der Waals surface area contributed by atoms with E-state index in [-0.39, 0.29) is 18.6 Å². The van der Waals surface area contributed by atoms with Crippen LogP contribution in [-0.4, -0.2) is 55.7 Å². The predicted molar refractivity (Wildman–Crippen MR) is 131 cm³/mol. The second-order valence-electron chi connectivity index (χ2n) is 9.27. The van der Waals surface area contributed by atoms with Gasteiger partial charge in [0.2, 0.25) is 5.91 Å². The SMILES string of the molecule is Cc1ccc(N2CCN(C(=O)COC3CCC(Nc4ccc(C#N)c(C)c4)CC3)CC2)cc1. The molecule has 0 bridgehead atoms. The molecule has 1 saturated heterocycles. The predicted octanol–water partition coefficient (Wildman–Crippen LogP) is 4.26. The molecule has 174 valence electrons. The van der Waals surface area contributed by atoms with Crippen LogP contribution in [0.3, 0.4) is 0 Å². The maximum absolute atomic E-state index is 12.7. The molecule has 1 aliphatic heterocycles. The fraction of sp³-hybridized carbons (Fsp3) is 0.481. The van der Waals surface area contributed by atoms with Gasteiger partial charge < -0.3 is 19.9 Å². The molecule has 0 unspecified atom stereocenters. The quantitative estimate of drug-likeness (QED) is 0.718. The lowest BCUT2D eigenvalue weighted by Crippen LogP contribution is -2.50. The van der Waals surface area contributed by atoms with Gasteiger partial charge in [0, 0.05) is 43.6 Å². The molecule has 0 radical (unpaired) electrons. The number of carbonyl (C=O) groups excluding carboxylic acids is 1. The van der Waals surface area contributed by atoms with Crippen LogP contribution in [0, 0.1) is 25.2 Å². The summed E-state index contributed by atoms with van der Waals surface area (Å²) < 4.78 is 6.00. The van der Waals surface area contributed by atoms with Gasteiger partial charge in [0.1, 0.15) is 6.61 Å². The highest BCUT2D eigenvalue weighted by Gasteiger charge is 2.25. The zero-order valence-electron chi connectivity index (χ0n) is 19.7. The smallest absolute Gasteiger partial charge is 0.248 e. The molecule has 2 aromatic carbocycles. The van der Waals surface area contributed by atoms with Crippen LogP contribution >= 0.6 is 0 Å². The molecule has 0 spiro atoms. The van der Waals surface area contributed by atoms with Gasteiger partial charge >= 0.3 is 0 Å². The van der Waals surface area contributed by atoms with Crippen LogP contribution in [-0.2, 0) is 9.53 Å². The van der Waals surface area contributed by atoms with Crippen LogP contribution in [0.2, 0.25) is 0 Å². The molecule has 33 heavy (non-hydrogen) atoms. The minimum Gasteiger partial charge on any atom is -0.382 e. The van der Waals surface area contributed by atoms with Crippen LogP contribution < -0.4 is 10.2 Å². The Labute approximate surface area is 197 Å². The van der Waals surface area contributed by atoms with Gasteiger partial charge in [0.05, 0.1) is 17.7 Å². The van der Waals surface area contributed by atoms with E-state index in [9.17, 15) is 4.79 Å². The van der Waals surface area contributed by atoms with Crippen molar-refractivity contribution >= 4 is 17.3 Å². The zero-order valence-corrected chi connectivity index (χ0v) is 19.7. The Morgan fingerprint density at radius 3 is 2.36 bits per heavy atom. The monoisotopic (exact) mass is 446 g/mol. The molecule has 1 heterocycles. The summed E-state index contributed by atoms with van der Waals surface area (Å²) in [5.41, 5.74) is 5.27. The highest BCUT2D eigenvalue weighted by Crippen LogP contribution is 2.25. The van der Waals surface area contributed by atoms with Crippen molar-refractivity contribution in [3.05, 3.63) is 59.2 Å². The number of aryl methyl sites for hydroxylation is 2. The van der Waals surface area contributed by atoms with Gasteiger partial charge in [-0.3, -0.25) is 4.79 Å². The van der Waals surface area contributed by atoms with Crippen LogP contribution in [0.15, 0.2) is 42.5 Å². The van der Waals surface area contributed by atoms with E-state index >= 15 is 0 Å². The first-order valence-corrected chi connectivity index (χ1v) is 12.0. The number of ether oxygens (including phenoxy) is 1. The Balaban J connectivity index is 1.16. The van der Waals surface area contributed by atoms with Gasteiger partial charge in [-0.1, -0.05) is 17.7 Å². The number of anilines is 2. The normalized spacial score (nSPS) is 20.9. The molecule has 2 aromatic rings. The summed E-state index contributed by atoms with van der Waals surface area (Å²) in [7, 11) is 0. The Kier molecular flexibility index (Phi) is 7.51. The number of nitriles is 1. The molecule has 1 N–H and O–H groups in total. The minimum absolute atomic E-state index is 0.104. The standard InChI is InChI=1S/C27H34N4O2/c1-20-3-9-25(10-4-20)30-13-15-31(16-14-30)27(32)19-33-26-11-7-23(8-12-26)29-24-6-5-22(18-28)21(2)17-24/h3-6,9-10,17,23,26,29H,7-8,11-16,19H2,1-2H3. The summed E-state index contributed by atoms with van der Waals surface area (Å²) in [4.78, 5) is 16.9. The van der Waals surface area contributed by atoms with Gasteiger partial charge in [0.25, 0.3) is 0 Å². The average molecular weight is 447 g/mol. The van der Waals surface area contributed by atoms with E-state index in [1.54, 1.807) is 0 Å².